The van der Waals surface area contributed by atoms with Crippen molar-refractivity contribution in [3.63, 3.8) is 0 Å². The molecule has 0 atom stereocenters. The van der Waals surface area contributed by atoms with Gasteiger partial charge in [-0.1, -0.05) is 103 Å². The molecule has 0 aliphatic heterocycles. The molecule has 0 bridgehead atoms. The smallest absolute Gasteiger partial charge is 0.0484 e. The number of hydrogen-bond acceptors (Lipinski definition) is 2. The van der Waals surface area contributed by atoms with Gasteiger partial charge in [-0.15, -0.1) is 0 Å². The Balaban J connectivity index is 0.000000150. The largest absolute Gasteiger partial charge is 0.396 e. The average Bonchev–Trinajstić information content (AvgIpc) is 2.91. The summed E-state index contributed by atoms with van der Waals surface area (Å²) < 4.78 is 0. The first kappa shape index (κ1) is 22.1. The molecule has 0 unspecified atom stereocenters. The van der Waals surface area contributed by atoms with Crippen molar-refractivity contribution < 1.29 is 10.2 Å². The van der Waals surface area contributed by atoms with Gasteiger partial charge in [0.25, 0.3) is 0 Å². The van der Waals surface area contributed by atoms with Crippen molar-refractivity contribution in [3.8, 4) is 0 Å². The highest BCUT2D eigenvalue weighted by Crippen LogP contribution is 2.30. The zero-order chi connectivity index (χ0) is 23.3. The maximum absolute atomic E-state index is 9.31. The number of rotatable bonds is 4. The summed E-state index contributed by atoms with van der Waals surface area (Å²) in [6.07, 6.45) is 0.693. The molecule has 0 aliphatic carbocycles. The lowest BCUT2D eigenvalue weighted by molar-refractivity contribution is 0.150. The third-order valence-corrected chi connectivity index (χ3v) is 6.49. The molecule has 0 heterocycles. The molecular formula is C32H28O2. The minimum Gasteiger partial charge on any atom is -0.396 e. The Hall–Kier alpha value is -3.72. The molecule has 6 aromatic carbocycles. The molecule has 0 radical (unpaired) electrons. The van der Waals surface area contributed by atoms with Crippen LogP contribution in [0.25, 0.3) is 43.1 Å². The van der Waals surface area contributed by atoms with Crippen molar-refractivity contribution in [1.29, 1.82) is 0 Å². The van der Waals surface area contributed by atoms with Crippen LogP contribution in [0.2, 0.25) is 0 Å². The Bertz CT molecular complexity index is 1460. The predicted molar refractivity (Wildman–Crippen MR) is 144 cm³/mol. The van der Waals surface area contributed by atoms with Crippen LogP contribution in [0.5, 0.6) is 0 Å². The van der Waals surface area contributed by atoms with Crippen molar-refractivity contribution >= 4 is 43.1 Å². The Labute approximate surface area is 199 Å². The third kappa shape index (κ3) is 4.51. The number of aliphatic hydroxyl groups excluding tert-OH is 2. The highest BCUT2D eigenvalue weighted by Gasteiger charge is 2.11. The second kappa shape index (κ2) is 10.0. The SMILES string of the molecule is OCC(CO)Cc1cc2ccccc2c2ccccc12.c1ccc2cc3ccccc3cc2c1. The van der Waals surface area contributed by atoms with Crippen LogP contribution in [0.15, 0.2) is 115 Å². The molecule has 34 heavy (non-hydrogen) atoms. The van der Waals surface area contributed by atoms with Crippen LogP contribution in [-0.2, 0) is 6.42 Å². The molecule has 0 saturated carbocycles. The van der Waals surface area contributed by atoms with Crippen LogP contribution >= 0.6 is 0 Å². The first-order chi connectivity index (χ1) is 16.8. The van der Waals surface area contributed by atoms with Crippen LogP contribution in [0.3, 0.4) is 0 Å². The van der Waals surface area contributed by atoms with Gasteiger partial charge in [-0.05, 0) is 67.2 Å². The quantitative estimate of drug-likeness (QED) is 0.224. The second-order valence-corrected chi connectivity index (χ2v) is 8.78. The molecule has 2 heteroatoms. The van der Waals surface area contributed by atoms with Crippen molar-refractivity contribution in [2.24, 2.45) is 5.92 Å². The molecule has 0 fully saturated rings. The molecular weight excluding hydrogens is 416 g/mol. The third-order valence-electron chi connectivity index (χ3n) is 6.49. The Kier molecular flexibility index (Phi) is 6.53. The first-order valence-corrected chi connectivity index (χ1v) is 11.8. The van der Waals surface area contributed by atoms with E-state index in [0.717, 1.165) is 0 Å². The Morgan fingerprint density at radius 2 is 0.853 bits per heavy atom. The number of aliphatic hydroxyl groups is 2. The second-order valence-electron chi connectivity index (χ2n) is 8.78. The van der Waals surface area contributed by atoms with E-state index in [1.165, 1.54) is 48.7 Å². The zero-order valence-corrected chi connectivity index (χ0v) is 19.1. The fourth-order valence-electron chi connectivity index (χ4n) is 4.68. The highest BCUT2D eigenvalue weighted by atomic mass is 16.3. The van der Waals surface area contributed by atoms with Gasteiger partial charge in [0.1, 0.15) is 0 Å². The lowest BCUT2D eigenvalue weighted by Crippen LogP contribution is -2.14. The van der Waals surface area contributed by atoms with Gasteiger partial charge in [0, 0.05) is 19.1 Å². The molecule has 0 amide bonds. The Morgan fingerprint density at radius 1 is 0.441 bits per heavy atom. The topological polar surface area (TPSA) is 40.5 Å². The van der Waals surface area contributed by atoms with Gasteiger partial charge in [-0.3, -0.25) is 0 Å². The minimum atomic E-state index is -0.0976. The van der Waals surface area contributed by atoms with Crippen LogP contribution in [-0.4, -0.2) is 23.4 Å². The van der Waals surface area contributed by atoms with Crippen LogP contribution in [0.1, 0.15) is 5.56 Å². The van der Waals surface area contributed by atoms with Gasteiger partial charge in [-0.2, -0.15) is 0 Å². The fraction of sp³-hybridized carbons (Fsp3) is 0.125. The molecule has 2 N–H and O–H groups in total. The summed E-state index contributed by atoms with van der Waals surface area (Å²) in [4.78, 5) is 0. The van der Waals surface area contributed by atoms with Crippen LogP contribution in [0.4, 0.5) is 0 Å². The van der Waals surface area contributed by atoms with E-state index in [0.29, 0.717) is 6.42 Å². The number of fused-ring (bicyclic) bond motifs is 5. The summed E-state index contributed by atoms with van der Waals surface area (Å²) >= 11 is 0. The van der Waals surface area contributed by atoms with Crippen LogP contribution in [0, 0.1) is 5.92 Å². The minimum absolute atomic E-state index is 0.0116. The molecule has 6 aromatic rings. The predicted octanol–water partition coefficient (Wildman–Crippen LogP) is 7.13. The average molecular weight is 445 g/mol. The van der Waals surface area contributed by atoms with Crippen molar-refractivity contribution in [3.05, 3.63) is 121 Å². The lowest BCUT2D eigenvalue weighted by atomic mass is 9.92. The van der Waals surface area contributed by atoms with Gasteiger partial charge in [0.15, 0.2) is 0 Å². The summed E-state index contributed by atoms with van der Waals surface area (Å²) in [6.45, 7) is 0.0231. The van der Waals surface area contributed by atoms with E-state index in [9.17, 15) is 10.2 Å². The molecule has 168 valence electrons. The number of hydrogen-bond donors (Lipinski definition) is 2. The normalized spacial score (nSPS) is 11.3. The number of benzene rings is 6. The van der Waals surface area contributed by atoms with Crippen molar-refractivity contribution in [2.45, 2.75) is 6.42 Å². The maximum Gasteiger partial charge on any atom is 0.0484 e. The van der Waals surface area contributed by atoms with Gasteiger partial charge >= 0.3 is 0 Å². The molecule has 0 saturated heterocycles. The summed E-state index contributed by atoms with van der Waals surface area (Å²) in [5.74, 6) is -0.0976. The molecule has 0 aliphatic rings. The van der Waals surface area contributed by atoms with E-state index in [-0.39, 0.29) is 19.1 Å². The molecule has 6 rings (SSSR count). The van der Waals surface area contributed by atoms with E-state index in [1.54, 1.807) is 0 Å². The van der Waals surface area contributed by atoms with E-state index in [1.807, 2.05) is 18.2 Å². The maximum atomic E-state index is 9.31. The van der Waals surface area contributed by atoms with E-state index < -0.39 is 0 Å². The van der Waals surface area contributed by atoms with Crippen LogP contribution < -0.4 is 0 Å². The summed E-state index contributed by atoms with van der Waals surface area (Å²) in [5, 5.41) is 28.8. The molecule has 0 spiro atoms. The monoisotopic (exact) mass is 444 g/mol. The van der Waals surface area contributed by atoms with Crippen molar-refractivity contribution in [1.82, 2.24) is 0 Å². The van der Waals surface area contributed by atoms with Gasteiger partial charge in [0.2, 0.25) is 0 Å². The summed E-state index contributed by atoms with van der Waals surface area (Å²) in [5.41, 5.74) is 1.19. The highest BCUT2D eigenvalue weighted by molar-refractivity contribution is 6.09. The summed E-state index contributed by atoms with van der Waals surface area (Å²) in [6, 6.07) is 40.3. The van der Waals surface area contributed by atoms with E-state index >= 15 is 0 Å². The van der Waals surface area contributed by atoms with Gasteiger partial charge in [0.05, 0.1) is 0 Å². The standard InChI is InChI=1S/C18H18O2.C14H10/c19-11-13(12-20)9-15-10-14-5-1-2-6-16(14)18-8-4-3-7-17(15)18;1-2-6-12-10-14-8-4-3-7-13(14)9-11(12)5-1/h1-8,10,13,19-20H,9,11-12H2;1-10H. The van der Waals surface area contributed by atoms with Gasteiger partial charge in [-0.25, -0.2) is 0 Å². The summed E-state index contributed by atoms with van der Waals surface area (Å²) in [7, 11) is 0. The van der Waals surface area contributed by atoms with E-state index in [4.69, 9.17) is 0 Å². The lowest BCUT2D eigenvalue weighted by Gasteiger charge is -2.15. The molecule has 0 aromatic heterocycles. The van der Waals surface area contributed by atoms with E-state index in [2.05, 4.69) is 97.1 Å². The fourth-order valence-corrected chi connectivity index (χ4v) is 4.68. The Morgan fingerprint density at radius 3 is 1.35 bits per heavy atom. The van der Waals surface area contributed by atoms with Gasteiger partial charge < -0.3 is 10.2 Å². The first-order valence-electron chi connectivity index (χ1n) is 11.8. The zero-order valence-electron chi connectivity index (χ0n) is 19.1. The van der Waals surface area contributed by atoms with Crippen molar-refractivity contribution in [2.75, 3.05) is 13.2 Å². The molecule has 2 nitrogen and oxygen atoms in total.